The minimum atomic E-state index is -4.03. The molecule has 10 heteroatoms. The van der Waals surface area contributed by atoms with E-state index < -0.39 is 27.4 Å². The molecule has 1 heterocycles. The number of aliphatic carboxylic acids is 2. The summed E-state index contributed by atoms with van der Waals surface area (Å²) in [5, 5.41) is 28.9. The Morgan fingerprint density at radius 1 is 1.03 bits per heavy atom. The first-order valence-corrected chi connectivity index (χ1v) is 11.9. The van der Waals surface area contributed by atoms with Gasteiger partial charge in [-0.1, -0.05) is 23.8 Å². The third-order valence-electron chi connectivity index (χ3n) is 5.84. The van der Waals surface area contributed by atoms with Crippen molar-refractivity contribution in [3.8, 4) is 11.8 Å². The highest BCUT2D eigenvalue weighted by molar-refractivity contribution is 7.90. The summed E-state index contributed by atoms with van der Waals surface area (Å²) < 4.78 is 33.4. The molecule has 3 rings (SSSR count). The Kier molecular flexibility index (Phi) is 6.98. The number of hydrogen-bond donors (Lipinski definition) is 2. The number of hydrogen-bond acceptors (Lipinski definition) is 6. The van der Waals surface area contributed by atoms with E-state index in [1.165, 1.54) is 37.6 Å². The summed E-state index contributed by atoms with van der Waals surface area (Å²) in [4.78, 5) is 22.6. The zero-order chi connectivity index (χ0) is 25.1. The predicted molar refractivity (Wildman–Crippen MR) is 123 cm³/mol. The first kappa shape index (κ1) is 24.8. The van der Waals surface area contributed by atoms with Crippen LogP contribution in [0.1, 0.15) is 36.8 Å². The Morgan fingerprint density at radius 3 is 2.12 bits per heavy atom. The second-order valence-corrected chi connectivity index (χ2v) is 9.80. The number of carboxylic acids is 2. The topological polar surface area (TPSA) is 147 Å². The molecule has 0 atom stereocenters. The molecule has 3 aromatic rings. The summed E-state index contributed by atoms with van der Waals surface area (Å²) in [6.07, 6.45) is 0.363. The number of ether oxygens (including phenoxy) is 1. The van der Waals surface area contributed by atoms with Crippen molar-refractivity contribution in [1.29, 1.82) is 5.26 Å². The minimum Gasteiger partial charge on any atom is -0.495 e. The first-order valence-electron chi connectivity index (χ1n) is 10.4. The molecule has 9 nitrogen and oxygen atoms in total. The third kappa shape index (κ3) is 4.61. The van der Waals surface area contributed by atoms with Crippen LogP contribution in [0.15, 0.2) is 53.6 Å². The Labute approximate surface area is 196 Å². The van der Waals surface area contributed by atoms with Crippen molar-refractivity contribution < 1.29 is 33.0 Å². The summed E-state index contributed by atoms with van der Waals surface area (Å²) in [6.45, 7) is 1.84. The van der Waals surface area contributed by atoms with Gasteiger partial charge in [-0.2, -0.15) is 5.26 Å². The van der Waals surface area contributed by atoms with E-state index in [-0.39, 0.29) is 41.8 Å². The number of carbonyl (C=O) groups is 2. The van der Waals surface area contributed by atoms with Gasteiger partial charge < -0.3 is 14.9 Å². The molecule has 0 spiro atoms. The summed E-state index contributed by atoms with van der Waals surface area (Å²) in [6, 6.07) is 13.1. The van der Waals surface area contributed by atoms with Gasteiger partial charge in [-0.25, -0.2) is 12.4 Å². The quantitative estimate of drug-likeness (QED) is 0.443. The molecule has 2 aromatic carbocycles. The molecule has 0 fully saturated rings. The van der Waals surface area contributed by atoms with Gasteiger partial charge in [-0.15, -0.1) is 0 Å². The second-order valence-electron chi connectivity index (χ2n) is 7.99. The molecule has 0 saturated heterocycles. The average Bonchev–Trinajstić information content (AvgIpc) is 3.25. The van der Waals surface area contributed by atoms with E-state index in [0.717, 1.165) is 9.54 Å². The average molecular weight is 485 g/mol. The van der Waals surface area contributed by atoms with Crippen LogP contribution in [0.2, 0.25) is 0 Å². The van der Waals surface area contributed by atoms with Crippen LogP contribution in [0.25, 0.3) is 10.9 Å². The molecule has 0 saturated carbocycles. The fourth-order valence-corrected chi connectivity index (χ4v) is 5.37. The largest absolute Gasteiger partial charge is 0.495 e. The normalized spacial score (nSPS) is 11.8. The van der Waals surface area contributed by atoms with Crippen molar-refractivity contribution in [2.45, 2.75) is 42.9 Å². The van der Waals surface area contributed by atoms with Crippen molar-refractivity contribution in [3.05, 3.63) is 59.8 Å². The highest BCUT2D eigenvalue weighted by Gasteiger charge is 2.36. The number of aryl methyl sites for hydroxylation is 1. The lowest BCUT2D eigenvalue weighted by Crippen LogP contribution is -2.27. The fraction of sp³-hybridized carbons (Fsp3) is 0.292. The van der Waals surface area contributed by atoms with Gasteiger partial charge in [0.25, 0.3) is 10.0 Å². The van der Waals surface area contributed by atoms with Gasteiger partial charge in [0.05, 0.1) is 23.5 Å². The molecule has 2 N–H and O–H groups in total. The van der Waals surface area contributed by atoms with Gasteiger partial charge in [0, 0.05) is 24.4 Å². The summed E-state index contributed by atoms with van der Waals surface area (Å²) in [5.41, 5.74) is -0.0231. The lowest BCUT2D eigenvalue weighted by molar-refractivity contribution is -0.137. The molecule has 0 aliphatic heterocycles. The maximum Gasteiger partial charge on any atom is 0.303 e. The number of rotatable bonds is 10. The van der Waals surface area contributed by atoms with Crippen LogP contribution in [-0.4, -0.2) is 41.7 Å². The SMILES string of the molecule is COc1ccc(C(C#N)(CCC(=O)O)CCC(=O)O)c2ccn(S(=O)(=O)c3ccc(C)cc3)c12. The first-order chi connectivity index (χ1) is 16.1. The Hall–Kier alpha value is -3.84. The number of nitrogens with zero attached hydrogens (tertiary/aromatic N) is 2. The smallest absolute Gasteiger partial charge is 0.303 e. The molecule has 0 unspecified atom stereocenters. The zero-order valence-electron chi connectivity index (χ0n) is 18.7. The minimum absolute atomic E-state index is 0.0614. The highest BCUT2D eigenvalue weighted by atomic mass is 32.2. The van der Waals surface area contributed by atoms with Crippen LogP contribution in [0.5, 0.6) is 5.75 Å². The lowest BCUT2D eigenvalue weighted by atomic mass is 9.73. The number of fused-ring (bicyclic) bond motifs is 1. The summed E-state index contributed by atoms with van der Waals surface area (Å²) in [7, 11) is -2.64. The van der Waals surface area contributed by atoms with E-state index in [1.54, 1.807) is 18.2 Å². The van der Waals surface area contributed by atoms with Crippen LogP contribution in [0, 0.1) is 18.3 Å². The van der Waals surface area contributed by atoms with Crippen LogP contribution < -0.4 is 4.74 Å². The predicted octanol–water partition coefficient (Wildman–Crippen LogP) is 3.69. The fourth-order valence-electron chi connectivity index (χ4n) is 4.01. The summed E-state index contributed by atoms with van der Waals surface area (Å²) in [5.74, 6) is -2.01. The number of benzene rings is 2. The van der Waals surface area contributed by atoms with Crippen molar-refractivity contribution in [2.24, 2.45) is 0 Å². The van der Waals surface area contributed by atoms with Crippen molar-refractivity contribution in [1.82, 2.24) is 3.97 Å². The van der Waals surface area contributed by atoms with Crippen LogP contribution in [0.4, 0.5) is 0 Å². The number of carboxylic acid groups (broad SMARTS) is 2. The number of nitriles is 1. The van der Waals surface area contributed by atoms with E-state index in [1.807, 2.05) is 6.92 Å². The molecule has 0 aliphatic rings. The van der Waals surface area contributed by atoms with E-state index in [2.05, 4.69) is 6.07 Å². The van der Waals surface area contributed by atoms with Gasteiger partial charge in [0.2, 0.25) is 0 Å². The maximum atomic E-state index is 13.4. The molecule has 34 heavy (non-hydrogen) atoms. The monoisotopic (exact) mass is 484 g/mol. The molecule has 0 bridgehead atoms. The van der Waals surface area contributed by atoms with Gasteiger partial charge in [-0.05, 0) is 49.6 Å². The molecule has 1 aromatic heterocycles. The van der Waals surface area contributed by atoms with E-state index in [0.29, 0.717) is 10.9 Å². The van der Waals surface area contributed by atoms with Crippen LogP contribution in [-0.2, 0) is 25.0 Å². The zero-order valence-corrected chi connectivity index (χ0v) is 19.5. The van der Waals surface area contributed by atoms with Gasteiger partial charge in [-0.3, -0.25) is 9.59 Å². The Morgan fingerprint density at radius 2 is 1.62 bits per heavy atom. The van der Waals surface area contributed by atoms with Gasteiger partial charge >= 0.3 is 11.9 Å². The molecule has 0 radical (unpaired) electrons. The Bertz CT molecular complexity index is 1370. The maximum absolute atomic E-state index is 13.4. The lowest BCUT2D eigenvalue weighted by Gasteiger charge is -2.27. The van der Waals surface area contributed by atoms with Crippen LogP contribution in [0.3, 0.4) is 0 Å². The molecular weight excluding hydrogens is 460 g/mol. The number of aromatic nitrogens is 1. The van der Waals surface area contributed by atoms with E-state index in [4.69, 9.17) is 4.74 Å². The van der Waals surface area contributed by atoms with Crippen molar-refractivity contribution in [2.75, 3.05) is 7.11 Å². The molecule has 0 aliphatic carbocycles. The highest BCUT2D eigenvalue weighted by Crippen LogP contribution is 2.42. The van der Waals surface area contributed by atoms with E-state index >= 15 is 0 Å². The second kappa shape index (κ2) is 9.57. The standard InChI is InChI=1S/C24H24N2O7S/c1-16-3-5-17(6-4-16)34(31,32)26-14-11-18-19(7-8-20(33-2)23(18)26)24(15-25,12-9-21(27)28)13-10-22(29)30/h3-8,11,14H,9-10,12-13H2,1-2H3,(H,27,28)(H,29,30). The summed E-state index contributed by atoms with van der Waals surface area (Å²) >= 11 is 0. The van der Waals surface area contributed by atoms with Crippen molar-refractivity contribution >= 4 is 32.9 Å². The van der Waals surface area contributed by atoms with E-state index in [9.17, 15) is 33.5 Å². The molecule has 178 valence electrons. The molecule has 0 amide bonds. The van der Waals surface area contributed by atoms with Gasteiger partial charge in [0.1, 0.15) is 11.3 Å². The van der Waals surface area contributed by atoms with Crippen LogP contribution >= 0.6 is 0 Å². The number of methoxy groups -OCH3 is 1. The van der Waals surface area contributed by atoms with Gasteiger partial charge in [0.15, 0.2) is 0 Å². The Balaban J connectivity index is 2.28. The third-order valence-corrected chi connectivity index (χ3v) is 7.53. The van der Waals surface area contributed by atoms with Crippen molar-refractivity contribution in [3.63, 3.8) is 0 Å². The molecular formula is C24H24N2O7S.